The zero-order valence-corrected chi connectivity index (χ0v) is 20.3. The Morgan fingerprint density at radius 1 is 1.19 bits per heavy atom. The third kappa shape index (κ3) is 11.6. The zero-order valence-electron chi connectivity index (χ0n) is 17.1. The van der Waals surface area contributed by atoms with Gasteiger partial charge in [0.25, 0.3) is 0 Å². The number of guanidine groups is 1. The smallest absolute Gasteiger partial charge is 0.191 e. The maximum Gasteiger partial charge on any atom is 0.191 e. The van der Waals surface area contributed by atoms with E-state index in [1.54, 1.807) is 0 Å². The van der Waals surface area contributed by atoms with Gasteiger partial charge in [-0.2, -0.15) is 0 Å². The van der Waals surface area contributed by atoms with Gasteiger partial charge in [-0.3, -0.25) is 9.89 Å². The SMILES string of the molecule is CCNC(=NCC(CC(C)C)N1CCCC1)NC(C)CCS(C)(=O)=O.I. The van der Waals surface area contributed by atoms with E-state index < -0.39 is 9.84 Å². The summed E-state index contributed by atoms with van der Waals surface area (Å²) in [6, 6.07) is 0.562. The van der Waals surface area contributed by atoms with Gasteiger partial charge in [0.15, 0.2) is 5.96 Å². The number of halogens is 1. The average Bonchev–Trinajstić information content (AvgIpc) is 3.02. The first-order chi connectivity index (χ1) is 11.7. The maximum atomic E-state index is 11.3. The number of likely N-dealkylation sites (tertiary alicyclic amines) is 1. The van der Waals surface area contributed by atoms with Crippen LogP contribution in [0.5, 0.6) is 0 Å². The molecule has 2 unspecified atom stereocenters. The molecule has 2 atom stereocenters. The van der Waals surface area contributed by atoms with Crippen LogP contribution in [-0.4, -0.2) is 69.5 Å². The van der Waals surface area contributed by atoms with Crippen molar-refractivity contribution in [1.29, 1.82) is 0 Å². The standard InChI is InChI=1S/C18H38N4O2S.HI/c1-6-19-18(21-16(4)9-12-25(5,23)24)20-14-17(13-15(2)3)22-10-7-8-11-22;/h15-17H,6-14H2,1-5H3,(H2,19,20,21);1H. The lowest BCUT2D eigenvalue weighted by Crippen LogP contribution is -2.44. The second kappa shape index (κ2) is 13.1. The quantitative estimate of drug-likeness (QED) is 0.273. The highest BCUT2D eigenvalue weighted by atomic mass is 127. The molecule has 0 aliphatic carbocycles. The third-order valence-corrected chi connectivity index (χ3v) is 5.49. The Morgan fingerprint density at radius 2 is 1.81 bits per heavy atom. The summed E-state index contributed by atoms with van der Waals surface area (Å²) in [4.78, 5) is 7.37. The Morgan fingerprint density at radius 3 is 2.31 bits per heavy atom. The van der Waals surface area contributed by atoms with Gasteiger partial charge in [-0.05, 0) is 58.5 Å². The number of hydrogen-bond acceptors (Lipinski definition) is 4. The first-order valence-electron chi connectivity index (χ1n) is 9.68. The van der Waals surface area contributed by atoms with E-state index in [1.165, 1.54) is 32.2 Å². The van der Waals surface area contributed by atoms with Crippen molar-refractivity contribution >= 4 is 39.8 Å². The molecule has 0 saturated carbocycles. The van der Waals surface area contributed by atoms with Gasteiger partial charge in [-0.1, -0.05) is 13.8 Å². The van der Waals surface area contributed by atoms with Gasteiger partial charge in [-0.25, -0.2) is 8.42 Å². The lowest BCUT2D eigenvalue weighted by atomic mass is 10.0. The van der Waals surface area contributed by atoms with Crippen LogP contribution in [0.1, 0.15) is 53.4 Å². The van der Waals surface area contributed by atoms with Gasteiger partial charge in [-0.15, -0.1) is 24.0 Å². The van der Waals surface area contributed by atoms with Crippen molar-refractivity contribution in [3.63, 3.8) is 0 Å². The minimum atomic E-state index is -2.92. The molecule has 1 fully saturated rings. The molecule has 1 heterocycles. The second-order valence-electron chi connectivity index (χ2n) is 7.71. The topological polar surface area (TPSA) is 73.8 Å². The van der Waals surface area contributed by atoms with Crippen molar-refractivity contribution < 1.29 is 8.42 Å². The van der Waals surface area contributed by atoms with Gasteiger partial charge in [0.1, 0.15) is 9.84 Å². The molecule has 1 aliphatic rings. The molecule has 8 heteroatoms. The second-order valence-corrected chi connectivity index (χ2v) is 9.97. The van der Waals surface area contributed by atoms with E-state index in [1.807, 2.05) is 13.8 Å². The van der Waals surface area contributed by atoms with E-state index in [4.69, 9.17) is 4.99 Å². The molecule has 0 aromatic heterocycles. The molecule has 0 spiro atoms. The van der Waals surface area contributed by atoms with Gasteiger partial charge < -0.3 is 10.6 Å². The Kier molecular flexibility index (Phi) is 13.1. The molecule has 0 amide bonds. The Labute approximate surface area is 177 Å². The summed E-state index contributed by atoms with van der Waals surface area (Å²) in [6.07, 6.45) is 5.61. The first-order valence-corrected chi connectivity index (χ1v) is 11.7. The molecule has 2 N–H and O–H groups in total. The molecule has 156 valence electrons. The maximum absolute atomic E-state index is 11.3. The lowest BCUT2D eigenvalue weighted by molar-refractivity contribution is 0.218. The largest absolute Gasteiger partial charge is 0.357 e. The van der Waals surface area contributed by atoms with Crippen molar-refractivity contribution in [2.24, 2.45) is 10.9 Å². The number of nitrogens with zero attached hydrogens (tertiary/aromatic N) is 2. The van der Waals surface area contributed by atoms with Crippen molar-refractivity contribution in [3.8, 4) is 0 Å². The average molecular weight is 503 g/mol. The highest BCUT2D eigenvalue weighted by Gasteiger charge is 2.22. The third-order valence-electron chi connectivity index (χ3n) is 4.51. The molecular weight excluding hydrogens is 463 g/mol. The number of rotatable bonds is 10. The first kappa shape index (κ1) is 25.9. The summed E-state index contributed by atoms with van der Waals surface area (Å²) in [7, 11) is -2.92. The van der Waals surface area contributed by atoms with Crippen molar-refractivity contribution in [2.45, 2.75) is 65.5 Å². The number of nitrogens with one attached hydrogen (secondary N) is 2. The van der Waals surface area contributed by atoms with Crippen LogP contribution in [0, 0.1) is 5.92 Å². The zero-order chi connectivity index (χ0) is 18.9. The fourth-order valence-corrected chi connectivity index (χ4v) is 3.98. The highest BCUT2D eigenvalue weighted by Crippen LogP contribution is 2.18. The minimum Gasteiger partial charge on any atom is -0.357 e. The molecule has 6 nitrogen and oxygen atoms in total. The van der Waals surface area contributed by atoms with Crippen LogP contribution in [0.4, 0.5) is 0 Å². The summed E-state index contributed by atoms with van der Waals surface area (Å²) in [5.41, 5.74) is 0. The Balaban J connectivity index is 0.00000625. The molecule has 0 radical (unpaired) electrons. The fourth-order valence-electron chi connectivity index (χ4n) is 3.20. The number of hydrogen-bond donors (Lipinski definition) is 2. The summed E-state index contributed by atoms with van der Waals surface area (Å²) >= 11 is 0. The molecule has 0 bridgehead atoms. The van der Waals surface area contributed by atoms with E-state index in [-0.39, 0.29) is 35.8 Å². The summed E-state index contributed by atoms with van der Waals surface area (Å²) in [5.74, 6) is 1.64. The Hall–Kier alpha value is -0.0900. The van der Waals surface area contributed by atoms with Crippen LogP contribution >= 0.6 is 24.0 Å². The van der Waals surface area contributed by atoms with Gasteiger partial charge in [0.2, 0.25) is 0 Å². The van der Waals surface area contributed by atoms with Crippen LogP contribution in [0.2, 0.25) is 0 Å². The molecule has 0 aromatic rings. The van der Waals surface area contributed by atoms with Crippen LogP contribution < -0.4 is 10.6 Å². The van der Waals surface area contributed by atoms with Crippen LogP contribution in [0.25, 0.3) is 0 Å². The highest BCUT2D eigenvalue weighted by molar-refractivity contribution is 14.0. The van der Waals surface area contributed by atoms with Crippen molar-refractivity contribution in [3.05, 3.63) is 0 Å². The fraction of sp³-hybridized carbons (Fsp3) is 0.944. The number of sulfone groups is 1. The van der Waals surface area contributed by atoms with Gasteiger partial charge in [0.05, 0.1) is 12.3 Å². The van der Waals surface area contributed by atoms with E-state index in [9.17, 15) is 8.42 Å². The summed E-state index contributed by atoms with van der Waals surface area (Å²) in [5, 5.41) is 6.63. The molecule has 1 aliphatic heterocycles. The molecule has 0 aromatic carbocycles. The number of aliphatic imine (C=N–C) groups is 1. The van der Waals surface area contributed by atoms with E-state index in [2.05, 4.69) is 29.4 Å². The van der Waals surface area contributed by atoms with E-state index >= 15 is 0 Å². The van der Waals surface area contributed by atoms with Crippen LogP contribution in [0.3, 0.4) is 0 Å². The van der Waals surface area contributed by atoms with E-state index in [0.29, 0.717) is 18.4 Å². The predicted molar refractivity (Wildman–Crippen MR) is 122 cm³/mol. The lowest BCUT2D eigenvalue weighted by Gasteiger charge is -2.28. The van der Waals surface area contributed by atoms with Gasteiger partial charge >= 0.3 is 0 Å². The van der Waals surface area contributed by atoms with Crippen LogP contribution in [0.15, 0.2) is 4.99 Å². The molecule has 1 rings (SSSR count). The molecule has 1 saturated heterocycles. The van der Waals surface area contributed by atoms with E-state index in [0.717, 1.165) is 25.5 Å². The minimum absolute atomic E-state index is 0. The predicted octanol–water partition coefficient (Wildman–Crippen LogP) is 2.49. The summed E-state index contributed by atoms with van der Waals surface area (Å²) in [6.45, 7) is 12.5. The normalized spacial score (nSPS) is 18.5. The van der Waals surface area contributed by atoms with Gasteiger partial charge in [0, 0.05) is 24.9 Å². The Bertz CT molecular complexity index is 505. The summed E-state index contributed by atoms with van der Waals surface area (Å²) < 4.78 is 22.7. The molecular formula is C18H39IN4O2S. The van der Waals surface area contributed by atoms with Crippen LogP contribution in [-0.2, 0) is 9.84 Å². The monoisotopic (exact) mass is 502 g/mol. The van der Waals surface area contributed by atoms with Crippen molar-refractivity contribution in [2.75, 3.05) is 38.2 Å². The van der Waals surface area contributed by atoms with Crippen molar-refractivity contribution in [1.82, 2.24) is 15.5 Å². The molecule has 26 heavy (non-hydrogen) atoms.